The van der Waals surface area contributed by atoms with Gasteiger partial charge in [0.25, 0.3) is 0 Å². The van der Waals surface area contributed by atoms with Gasteiger partial charge >= 0.3 is 0 Å². The Balaban J connectivity index is 1.25. The highest BCUT2D eigenvalue weighted by atomic mass is 16.5. The first-order chi connectivity index (χ1) is 24.2. The Bertz CT molecular complexity index is 2850. The highest BCUT2D eigenvalue weighted by molar-refractivity contribution is 6.35. The summed E-state index contributed by atoms with van der Waals surface area (Å²) in [5.74, 6) is 13.4. The van der Waals surface area contributed by atoms with E-state index in [4.69, 9.17) is 4.74 Å². The first-order valence-corrected chi connectivity index (χ1v) is 16.9. The number of fused-ring (bicyclic) bond motifs is 4. The van der Waals surface area contributed by atoms with Crippen LogP contribution in [0.3, 0.4) is 0 Å². The fourth-order valence-corrected chi connectivity index (χ4v) is 8.57. The molecular formula is C48H30O. The van der Waals surface area contributed by atoms with Crippen LogP contribution in [0.1, 0.15) is 37.2 Å². The van der Waals surface area contributed by atoms with Crippen molar-refractivity contribution in [2.75, 3.05) is 0 Å². The minimum absolute atomic E-state index is 0.506. The Morgan fingerprint density at radius 1 is 0.347 bits per heavy atom. The predicted molar refractivity (Wildman–Crippen MR) is 209 cm³/mol. The van der Waals surface area contributed by atoms with Gasteiger partial charge in [0.05, 0.1) is 0 Å². The van der Waals surface area contributed by atoms with E-state index in [9.17, 15) is 0 Å². The molecule has 0 aliphatic rings. The number of hydrogen-bond donors (Lipinski definition) is 0. The summed E-state index contributed by atoms with van der Waals surface area (Å²) in [5, 5.41) is 19.9. The maximum absolute atomic E-state index is 7.23. The molecule has 10 aromatic rings. The first kappa shape index (κ1) is 27.9. The SMILES string of the molecule is CC#CC(OC(C#CC)c1ccc2cccc3c4cccc5cccc(c1c23)c54)c1ccc2cccc3c4cccc5cccc(c1c23)c54. The van der Waals surface area contributed by atoms with E-state index < -0.39 is 12.2 Å². The maximum atomic E-state index is 7.23. The monoisotopic (exact) mass is 622 g/mol. The molecule has 0 bridgehead atoms. The molecule has 0 heterocycles. The molecule has 10 aromatic carbocycles. The average Bonchev–Trinajstić information content (AvgIpc) is 3.15. The molecule has 0 aromatic heterocycles. The molecule has 10 rings (SSSR count). The lowest BCUT2D eigenvalue weighted by atomic mass is 9.86. The summed E-state index contributed by atoms with van der Waals surface area (Å²) in [6, 6.07) is 48.7. The van der Waals surface area contributed by atoms with Gasteiger partial charge in [-0.3, -0.25) is 0 Å². The number of rotatable bonds is 4. The second kappa shape index (κ2) is 10.7. The van der Waals surface area contributed by atoms with E-state index in [0.717, 1.165) is 11.1 Å². The third-order valence-electron chi connectivity index (χ3n) is 10.5. The smallest absolute Gasteiger partial charge is 0.146 e. The van der Waals surface area contributed by atoms with Crippen molar-refractivity contribution in [3.8, 4) is 23.7 Å². The molecule has 1 heteroatoms. The second-order valence-corrected chi connectivity index (χ2v) is 13.0. The fraction of sp³-hybridized carbons (Fsp3) is 0.0833. The summed E-state index contributed by atoms with van der Waals surface area (Å²) in [4.78, 5) is 0. The van der Waals surface area contributed by atoms with Crippen LogP contribution in [0, 0.1) is 23.7 Å². The molecule has 0 N–H and O–H groups in total. The van der Waals surface area contributed by atoms with Crippen LogP contribution >= 0.6 is 0 Å². The van der Waals surface area contributed by atoms with Gasteiger partial charge in [-0.1, -0.05) is 145 Å². The van der Waals surface area contributed by atoms with Gasteiger partial charge in [-0.2, -0.15) is 0 Å². The summed E-state index contributed by atoms with van der Waals surface area (Å²) in [5.41, 5.74) is 2.14. The second-order valence-electron chi connectivity index (χ2n) is 13.0. The van der Waals surface area contributed by atoms with Gasteiger partial charge in [0, 0.05) is 11.1 Å². The number of ether oxygens (including phenoxy) is 1. The van der Waals surface area contributed by atoms with Crippen LogP contribution in [0.25, 0.3) is 86.2 Å². The summed E-state index contributed by atoms with van der Waals surface area (Å²) in [6.45, 7) is 3.79. The molecule has 0 saturated carbocycles. The fourth-order valence-electron chi connectivity index (χ4n) is 8.57. The lowest BCUT2D eigenvalue weighted by Gasteiger charge is -2.24. The van der Waals surface area contributed by atoms with Gasteiger partial charge in [0.1, 0.15) is 12.2 Å². The summed E-state index contributed by atoms with van der Waals surface area (Å²) < 4.78 is 7.23. The first-order valence-electron chi connectivity index (χ1n) is 16.9. The van der Waals surface area contributed by atoms with E-state index >= 15 is 0 Å². The summed E-state index contributed by atoms with van der Waals surface area (Å²) >= 11 is 0. The predicted octanol–water partition coefficient (Wildman–Crippen LogP) is 12.6. The maximum Gasteiger partial charge on any atom is 0.146 e. The lowest BCUT2D eigenvalue weighted by Crippen LogP contribution is -2.10. The van der Waals surface area contributed by atoms with Gasteiger partial charge < -0.3 is 4.74 Å². The number of hydrogen-bond acceptors (Lipinski definition) is 1. The Kier molecular flexibility index (Phi) is 6.10. The molecule has 0 saturated heterocycles. The van der Waals surface area contributed by atoms with Crippen LogP contribution in [0.5, 0.6) is 0 Å². The van der Waals surface area contributed by atoms with Crippen molar-refractivity contribution in [1.29, 1.82) is 0 Å². The molecule has 2 unspecified atom stereocenters. The lowest BCUT2D eigenvalue weighted by molar-refractivity contribution is 0.0531. The van der Waals surface area contributed by atoms with E-state index in [2.05, 4.69) is 157 Å². The van der Waals surface area contributed by atoms with Gasteiger partial charge in [-0.05, 0) is 100 Å². The Labute approximate surface area is 284 Å². The molecule has 0 aliphatic heterocycles. The van der Waals surface area contributed by atoms with Gasteiger partial charge in [0.2, 0.25) is 0 Å². The zero-order chi connectivity index (χ0) is 32.6. The normalized spacial score (nSPS) is 13.1. The molecule has 49 heavy (non-hydrogen) atoms. The largest absolute Gasteiger partial charge is 0.340 e. The van der Waals surface area contributed by atoms with Crippen molar-refractivity contribution in [3.63, 3.8) is 0 Å². The van der Waals surface area contributed by atoms with Crippen LogP contribution in [-0.2, 0) is 4.74 Å². The standard InChI is InChI=1S/C48H30O/c1-3-11-41(37-27-25-31-17-7-21-35-33-19-5-13-29-15-9-23-39(43(29)33)47(37)45(31)35)49-42(12-4-2)38-28-26-32-18-8-22-36-34-20-6-14-30-16-10-24-40(44(30)34)48(38)46(32)36/h5-10,13-28,41-42H,1-2H3. The van der Waals surface area contributed by atoms with Crippen molar-refractivity contribution in [3.05, 3.63) is 145 Å². The molecule has 0 radical (unpaired) electrons. The summed E-state index contributed by atoms with van der Waals surface area (Å²) in [7, 11) is 0. The van der Waals surface area contributed by atoms with Crippen LogP contribution in [-0.4, -0.2) is 0 Å². The quantitative estimate of drug-likeness (QED) is 0.108. The minimum atomic E-state index is -0.506. The van der Waals surface area contributed by atoms with E-state index in [1.54, 1.807) is 0 Å². The van der Waals surface area contributed by atoms with E-state index in [1.165, 1.54) is 86.2 Å². The topological polar surface area (TPSA) is 9.23 Å². The van der Waals surface area contributed by atoms with Gasteiger partial charge in [0.15, 0.2) is 0 Å². The van der Waals surface area contributed by atoms with E-state index in [1.807, 2.05) is 13.8 Å². The van der Waals surface area contributed by atoms with Crippen molar-refractivity contribution < 1.29 is 4.74 Å². The molecule has 0 spiro atoms. The minimum Gasteiger partial charge on any atom is -0.340 e. The van der Waals surface area contributed by atoms with Crippen LogP contribution in [0.2, 0.25) is 0 Å². The van der Waals surface area contributed by atoms with Crippen molar-refractivity contribution in [2.45, 2.75) is 26.1 Å². The van der Waals surface area contributed by atoms with E-state index in [-0.39, 0.29) is 0 Å². The Hall–Kier alpha value is -6.12. The van der Waals surface area contributed by atoms with Crippen molar-refractivity contribution in [1.82, 2.24) is 0 Å². The molecule has 2 atom stereocenters. The molecule has 0 amide bonds. The zero-order valence-electron chi connectivity index (χ0n) is 27.3. The highest BCUT2D eigenvalue weighted by Crippen LogP contribution is 2.46. The number of benzene rings is 10. The molecule has 1 nitrogen and oxygen atoms in total. The van der Waals surface area contributed by atoms with Gasteiger partial charge in [-0.25, -0.2) is 0 Å². The molecule has 228 valence electrons. The Morgan fingerprint density at radius 2 is 0.673 bits per heavy atom. The third-order valence-corrected chi connectivity index (χ3v) is 10.5. The van der Waals surface area contributed by atoms with Crippen LogP contribution in [0.4, 0.5) is 0 Å². The molecule has 0 fully saturated rings. The van der Waals surface area contributed by atoms with Crippen molar-refractivity contribution >= 4 is 86.2 Å². The van der Waals surface area contributed by atoms with Gasteiger partial charge in [-0.15, -0.1) is 11.8 Å². The summed E-state index contributed by atoms with van der Waals surface area (Å²) in [6.07, 6.45) is -1.01. The van der Waals surface area contributed by atoms with Crippen molar-refractivity contribution in [2.24, 2.45) is 0 Å². The van der Waals surface area contributed by atoms with Crippen LogP contribution in [0.15, 0.2) is 133 Å². The Morgan fingerprint density at radius 3 is 1.04 bits per heavy atom. The third kappa shape index (κ3) is 3.95. The van der Waals surface area contributed by atoms with Crippen LogP contribution < -0.4 is 0 Å². The molecular weight excluding hydrogens is 593 g/mol. The van der Waals surface area contributed by atoms with E-state index in [0.29, 0.717) is 0 Å². The molecule has 0 aliphatic carbocycles. The highest BCUT2D eigenvalue weighted by Gasteiger charge is 2.25. The average molecular weight is 623 g/mol. The zero-order valence-corrected chi connectivity index (χ0v) is 27.3.